The minimum absolute atomic E-state index is 0.204. The maximum absolute atomic E-state index is 10.3. The van der Waals surface area contributed by atoms with E-state index in [-0.39, 0.29) is 4.88 Å². The highest BCUT2D eigenvalue weighted by atomic mass is 32.1. The lowest BCUT2D eigenvalue weighted by atomic mass is 10.3. The molecule has 1 aromatic heterocycles. The highest BCUT2D eigenvalue weighted by Crippen LogP contribution is 2.39. The maximum Gasteiger partial charge on any atom is 0.349 e. The molecule has 1 aromatic rings. The van der Waals surface area contributed by atoms with Crippen molar-refractivity contribution in [1.82, 2.24) is 0 Å². The van der Waals surface area contributed by atoms with E-state index in [0.29, 0.717) is 11.3 Å². The van der Waals surface area contributed by atoms with Gasteiger partial charge in [0.05, 0.1) is 0 Å². The Labute approximate surface area is 70.7 Å². The third-order valence-electron chi connectivity index (χ3n) is 1.15. The second-order valence-corrected chi connectivity index (χ2v) is 2.90. The molecule has 0 aliphatic rings. The number of aromatic hydroxyl groups is 2. The van der Waals surface area contributed by atoms with Gasteiger partial charge in [-0.15, -0.1) is 11.3 Å². The Morgan fingerprint density at radius 3 is 2.25 bits per heavy atom. The van der Waals surface area contributed by atoms with Crippen molar-refractivity contribution < 1.29 is 20.1 Å². The van der Waals surface area contributed by atoms with Gasteiger partial charge in [-0.3, -0.25) is 0 Å². The fourth-order valence-electron chi connectivity index (χ4n) is 0.635. The molecule has 0 bridgehead atoms. The number of aromatic carboxylic acids is 1. The van der Waals surface area contributed by atoms with Crippen molar-refractivity contribution in [2.45, 2.75) is 0 Å². The van der Waals surface area contributed by atoms with Crippen molar-refractivity contribution in [1.29, 1.82) is 5.26 Å². The number of carboxylic acid groups (broad SMARTS) is 1. The average Bonchev–Trinajstić information content (AvgIpc) is 2.30. The van der Waals surface area contributed by atoms with Crippen LogP contribution in [-0.2, 0) is 0 Å². The van der Waals surface area contributed by atoms with Crippen molar-refractivity contribution in [3.8, 4) is 17.6 Å². The van der Waals surface area contributed by atoms with Gasteiger partial charge in [0.15, 0.2) is 21.3 Å². The summed E-state index contributed by atoms with van der Waals surface area (Å²) in [6, 6.07) is 1.56. The lowest BCUT2D eigenvalue weighted by Gasteiger charge is -1.88. The summed E-state index contributed by atoms with van der Waals surface area (Å²) in [5, 5.41) is 34.7. The number of carbonyl (C=O) groups is 1. The van der Waals surface area contributed by atoms with Crippen LogP contribution in [0.25, 0.3) is 0 Å². The lowest BCUT2D eigenvalue weighted by Crippen LogP contribution is -1.90. The zero-order chi connectivity index (χ0) is 9.30. The van der Waals surface area contributed by atoms with E-state index < -0.39 is 22.3 Å². The molecule has 0 amide bonds. The van der Waals surface area contributed by atoms with Gasteiger partial charge in [-0.1, -0.05) is 0 Å². The molecule has 0 aliphatic carbocycles. The molecule has 0 saturated carbocycles. The molecule has 0 fully saturated rings. The first kappa shape index (κ1) is 8.36. The van der Waals surface area contributed by atoms with Crippen molar-refractivity contribution in [3.63, 3.8) is 0 Å². The average molecular weight is 185 g/mol. The molecule has 0 atom stereocenters. The van der Waals surface area contributed by atoms with Gasteiger partial charge < -0.3 is 15.3 Å². The summed E-state index contributed by atoms with van der Waals surface area (Å²) < 4.78 is 0. The van der Waals surface area contributed by atoms with Crippen LogP contribution in [0.15, 0.2) is 0 Å². The number of rotatable bonds is 1. The Bertz CT molecular complexity index is 376. The molecule has 6 heteroatoms. The summed E-state index contributed by atoms with van der Waals surface area (Å²) in [5.41, 5.74) is 0. The van der Waals surface area contributed by atoms with Crippen molar-refractivity contribution in [2.24, 2.45) is 0 Å². The summed E-state index contributed by atoms with van der Waals surface area (Å²) in [7, 11) is 0. The Balaban J connectivity index is 3.37. The fraction of sp³-hybridized carbons (Fsp3) is 0. The second-order valence-electron chi connectivity index (χ2n) is 1.87. The van der Waals surface area contributed by atoms with Crippen LogP contribution in [0.1, 0.15) is 14.5 Å². The van der Waals surface area contributed by atoms with Gasteiger partial charge in [-0.25, -0.2) is 4.79 Å². The van der Waals surface area contributed by atoms with Gasteiger partial charge >= 0.3 is 5.97 Å². The van der Waals surface area contributed by atoms with Crippen LogP contribution < -0.4 is 0 Å². The van der Waals surface area contributed by atoms with Crippen LogP contribution in [0, 0.1) is 11.3 Å². The monoisotopic (exact) mass is 185 g/mol. The first-order valence-corrected chi connectivity index (χ1v) is 3.57. The van der Waals surface area contributed by atoms with E-state index in [9.17, 15) is 4.79 Å². The number of hydrogen-bond acceptors (Lipinski definition) is 5. The molecule has 1 rings (SSSR count). The Morgan fingerprint density at radius 2 is 2.00 bits per heavy atom. The van der Waals surface area contributed by atoms with Gasteiger partial charge in [0, 0.05) is 0 Å². The second kappa shape index (κ2) is 2.71. The summed E-state index contributed by atoms with van der Waals surface area (Å²) in [4.78, 5) is 9.70. The lowest BCUT2D eigenvalue weighted by molar-refractivity contribution is 0.0699. The summed E-state index contributed by atoms with van der Waals surface area (Å²) >= 11 is 0.534. The smallest absolute Gasteiger partial charge is 0.349 e. The molecule has 0 saturated heterocycles. The summed E-state index contributed by atoms with van der Waals surface area (Å²) in [5.74, 6) is -2.78. The number of nitrogens with zero attached hydrogens (tertiary/aromatic N) is 1. The molecule has 0 unspecified atom stereocenters. The van der Waals surface area contributed by atoms with Crippen LogP contribution in [0.5, 0.6) is 11.5 Å². The molecule has 0 aliphatic heterocycles. The summed E-state index contributed by atoms with van der Waals surface area (Å²) in [6.45, 7) is 0. The number of nitriles is 1. The topological polar surface area (TPSA) is 102 Å². The van der Waals surface area contributed by atoms with Crippen LogP contribution >= 0.6 is 11.3 Å². The number of hydrogen-bond donors (Lipinski definition) is 3. The standard InChI is InChI=1S/C6H3NO4S/c7-1-2-3(8)4(9)5(12-2)6(10)11/h8-9H,(H,10,11). The largest absolute Gasteiger partial charge is 0.503 e. The molecular weight excluding hydrogens is 182 g/mol. The van der Waals surface area contributed by atoms with Crippen molar-refractivity contribution >= 4 is 17.3 Å². The molecule has 0 spiro atoms. The molecule has 62 valence electrons. The first-order valence-electron chi connectivity index (χ1n) is 2.76. The molecule has 0 aromatic carbocycles. The van der Waals surface area contributed by atoms with E-state index in [2.05, 4.69) is 0 Å². The highest BCUT2D eigenvalue weighted by molar-refractivity contribution is 7.15. The third kappa shape index (κ3) is 1.06. The van der Waals surface area contributed by atoms with E-state index in [0.717, 1.165) is 0 Å². The van der Waals surface area contributed by atoms with Crippen LogP contribution in [0.4, 0.5) is 0 Å². The molecule has 5 nitrogen and oxygen atoms in total. The quantitative estimate of drug-likeness (QED) is 0.598. The maximum atomic E-state index is 10.3. The number of thiophene rings is 1. The van der Waals surface area contributed by atoms with Crippen molar-refractivity contribution in [3.05, 3.63) is 9.75 Å². The van der Waals surface area contributed by atoms with Crippen LogP contribution in [0.3, 0.4) is 0 Å². The molecular formula is C6H3NO4S. The predicted molar refractivity (Wildman–Crippen MR) is 39.3 cm³/mol. The minimum atomic E-state index is -1.37. The molecule has 1 heterocycles. The van der Waals surface area contributed by atoms with Gasteiger partial charge in [-0.05, 0) is 0 Å². The Kier molecular flexibility index (Phi) is 1.89. The third-order valence-corrected chi connectivity index (χ3v) is 2.22. The SMILES string of the molecule is N#Cc1sc(C(=O)O)c(O)c1O. The van der Waals surface area contributed by atoms with Crippen LogP contribution in [0.2, 0.25) is 0 Å². The van der Waals surface area contributed by atoms with Gasteiger partial charge in [0.1, 0.15) is 6.07 Å². The van der Waals surface area contributed by atoms with E-state index in [1.165, 1.54) is 0 Å². The molecule has 12 heavy (non-hydrogen) atoms. The fourth-order valence-corrected chi connectivity index (χ4v) is 1.36. The predicted octanol–water partition coefficient (Wildman–Crippen LogP) is 0.729. The van der Waals surface area contributed by atoms with E-state index >= 15 is 0 Å². The van der Waals surface area contributed by atoms with E-state index in [1.54, 1.807) is 6.07 Å². The zero-order valence-corrected chi connectivity index (χ0v) is 6.42. The number of carboxylic acids is 1. The van der Waals surface area contributed by atoms with Gasteiger partial charge in [0.2, 0.25) is 0 Å². The van der Waals surface area contributed by atoms with E-state index in [1.807, 2.05) is 0 Å². The van der Waals surface area contributed by atoms with E-state index in [4.69, 9.17) is 20.6 Å². The summed E-state index contributed by atoms with van der Waals surface area (Å²) in [6.07, 6.45) is 0. The first-order chi connectivity index (χ1) is 5.57. The Hall–Kier alpha value is -1.74. The van der Waals surface area contributed by atoms with Gasteiger partial charge in [0.25, 0.3) is 0 Å². The van der Waals surface area contributed by atoms with Crippen molar-refractivity contribution in [2.75, 3.05) is 0 Å². The molecule has 0 radical (unpaired) electrons. The highest BCUT2D eigenvalue weighted by Gasteiger charge is 2.21. The van der Waals surface area contributed by atoms with Gasteiger partial charge in [-0.2, -0.15) is 5.26 Å². The zero-order valence-electron chi connectivity index (χ0n) is 5.61. The Morgan fingerprint density at radius 1 is 1.42 bits per heavy atom. The van der Waals surface area contributed by atoms with Crippen LogP contribution in [-0.4, -0.2) is 21.3 Å². The minimum Gasteiger partial charge on any atom is -0.503 e. The molecule has 3 N–H and O–H groups in total. The normalized spacial score (nSPS) is 9.25.